The van der Waals surface area contributed by atoms with E-state index in [0.717, 1.165) is 0 Å². The van der Waals surface area contributed by atoms with Crippen molar-refractivity contribution in [1.29, 1.82) is 0 Å². The van der Waals surface area contributed by atoms with Crippen LogP contribution in [0.15, 0.2) is 0 Å². The van der Waals surface area contributed by atoms with Crippen molar-refractivity contribution in [2.24, 2.45) is 0 Å². The van der Waals surface area contributed by atoms with Crippen molar-refractivity contribution in [2.75, 3.05) is 26.2 Å². The molecule has 1 aliphatic rings. The van der Waals surface area contributed by atoms with E-state index < -0.39 is 12.0 Å². The summed E-state index contributed by atoms with van der Waals surface area (Å²) in [6.45, 7) is 2.23. The molecule has 1 saturated heterocycles. The van der Waals surface area contributed by atoms with Gasteiger partial charge in [-0.05, 0) is 0 Å². The molecule has 7 nitrogen and oxygen atoms in total. The number of carbonyl (C=O) groups excluding carboxylic acids is 2. The molecular weight excluding hydrogens is 214 g/mol. The van der Waals surface area contributed by atoms with Crippen LogP contribution in [0.3, 0.4) is 0 Å². The van der Waals surface area contributed by atoms with E-state index in [0.29, 0.717) is 13.1 Å². The van der Waals surface area contributed by atoms with Crippen LogP contribution in [0, 0.1) is 0 Å². The summed E-state index contributed by atoms with van der Waals surface area (Å²) in [5, 5.41) is 14.0. The number of nitrogens with one attached hydrogen (secondary N) is 2. The fourth-order valence-electron chi connectivity index (χ4n) is 1.54. The van der Waals surface area contributed by atoms with Gasteiger partial charge in [0.1, 0.15) is 6.04 Å². The maximum Gasteiger partial charge on any atom is 0.322 e. The van der Waals surface area contributed by atoms with Crippen LogP contribution in [-0.2, 0) is 14.4 Å². The van der Waals surface area contributed by atoms with Gasteiger partial charge in [-0.3, -0.25) is 19.3 Å². The Morgan fingerprint density at radius 1 is 1.62 bits per heavy atom. The molecule has 1 atom stereocenters. The first kappa shape index (κ1) is 12.4. The number of amides is 2. The largest absolute Gasteiger partial charge is 0.480 e. The number of aliphatic carboxylic acids is 1. The minimum Gasteiger partial charge on any atom is -0.480 e. The molecule has 1 unspecified atom stereocenters. The highest BCUT2D eigenvalue weighted by Gasteiger charge is 2.31. The quantitative estimate of drug-likeness (QED) is 0.518. The predicted molar refractivity (Wildman–Crippen MR) is 54.7 cm³/mol. The number of hydrogen-bond donors (Lipinski definition) is 3. The molecule has 1 fully saturated rings. The van der Waals surface area contributed by atoms with Crippen LogP contribution < -0.4 is 10.6 Å². The SMILES string of the molecule is CC(=O)NCCN1CC(=O)NCC1C(=O)O. The molecule has 1 rings (SSSR count). The zero-order valence-electron chi connectivity index (χ0n) is 9.02. The summed E-state index contributed by atoms with van der Waals surface area (Å²) in [6, 6.07) is -0.716. The maximum atomic E-state index is 11.1. The Kier molecular flexibility index (Phi) is 4.24. The molecule has 0 aromatic carbocycles. The van der Waals surface area contributed by atoms with Crippen molar-refractivity contribution in [3.05, 3.63) is 0 Å². The van der Waals surface area contributed by atoms with Gasteiger partial charge in [-0.25, -0.2) is 0 Å². The molecule has 1 heterocycles. The first-order valence-corrected chi connectivity index (χ1v) is 4.98. The molecule has 0 radical (unpaired) electrons. The van der Waals surface area contributed by atoms with E-state index in [9.17, 15) is 14.4 Å². The number of nitrogens with zero attached hydrogens (tertiary/aromatic N) is 1. The van der Waals surface area contributed by atoms with Crippen molar-refractivity contribution in [1.82, 2.24) is 15.5 Å². The van der Waals surface area contributed by atoms with E-state index in [-0.39, 0.29) is 24.9 Å². The summed E-state index contributed by atoms with van der Waals surface area (Å²) in [5.41, 5.74) is 0. The molecule has 0 spiro atoms. The first-order valence-electron chi connectivity index (χ1n) is 4.98. The molecule has 3 N–H and O–H groups in total. The highest BCUT2D eigenvalue weighted by molar-refractivity contribution is 5.83. The van der Waals surface area contributed by atoms with Crippen LogP contribution in [0.4, 0.5) is 0 Å². The lowest BCUT2D eigenvalue weighted by atomic mass is 10.2. The lowest BCUT2D eigenvalue weighted by Crippen LogP contribution is -2.58. The maximum absolute atomic E-state index is 11.1. The minimum atomic E-state index is -0.970. The van der Waals surface area contributed by atoms with Crippen LogP contribution in [0.5, 0.6) is 0 Å². The average molecular weight is 229 g/mol. The van der Waals surface area contributed by atoms with E-state index in [1.165, 1.54) is 11.8 Å². The van der Waals surface area contributed by atoms with Gasteiger partial charge in [0.25, 0.3) is 0 Å². The van der Waals surface area contributed by atoms with Gasteiger partial charge in [-0.1, -0.05) is 0 Å². The lowest BCUT2D eigenvalue weighted by molar-refractivity contribution is -0.145. The molecule has 0 saturated carbocycles. The second kappa shape index (κ2) is 5.45. The fraction of sp³-hybridized carbons (Fsp3) is 0.667. The van der Waals surface area contributed by atoms with E-state index in [4.69, 9.17) is 5.11 Å². The number of piperazine rings is 1. The third-order valence-corrected chi connectivity index (χ3v) is 2.34. The summed E-state index contributed by atoms with van der Waals surface area (Å²) in [5.74, 6) is -1.34. The van der Waals surface area contributed by atoms with E-state index in [1.54, 1.807) is 0 Å². The average Bonchev–Trinajstić information content (AvgIpc) is 2.16. The van der Waals surface area contributed by atoms with Crippen molar-refractivity contribution >= 4 is 17.8 Å². The monoisotopic (exact) mass is 229 g/mol. The van der Waals surface area contributed by atoms with Gasteiger partial charge in [0, 0.05) is 26.6 Å². The van der Waals surface area contributed by atoms with Crippen LogP contribution in [-0.4, -0.2) is 60.0 Å². The summed E-state index contributed by atoms with van der Waals surface area (Å²) in [7, 11) is 0. The van der Waals surface area contributed by atoms with Crippen LogP contribution in [0.25, 0.3) is 0 Å². The topological polar surface area (TPSA) is 98.7 Å². The standard InChI is InChI=1S/C9H15N3O4/c1-6(13)10-2-3-12-5-8(14)11-4-7(12)9(15)16/h7H,2-5H2,1H3,(H,10,13)(H,11,14)(H,15,16). The summed E-state index contributed by atoms with van der Waals surface area (Å²) in [6.07, 6.45) is 0. The fourth-order valence-corrected chi connectivity index (χ4v) is 1.54. The van der Waals surface area contributed by atoms with E-state index in [2.05, 4.69) is 10.6 Å². The van der Waals surface area contributed by atoms with Gasteiger partial charge in [0.15, 0.2) is 0 Å². The van der Waals surface area contributed by atoms with E-state index in [1.807, 2.05) is 0 Å². The number of carboxylic acid groups (broad SMARTS) is 1. The van der Waals surface area contributed by atoms with Gasteiger partial charge in [-0.15, -0.1) is 0 Å². The minimum absolute atomic E-state index is 0.0521. The Morgan fingerprint density at radius 3 is 2.88 bits per heavy atom. The number of hydrogen-bond acceptors (Lipinski definition) is 4. The first-order chi connectivity index (χ1) is 7.50. The molecule has 90 valence electrons. The molecule has 0 aromatic heterocycles. The van der Waals surface area contributed by atoms with Gasteiger partial charge in [0.05, 0.1) is 6.54 Å². The molecular formula is C9H15N3O4. The zero-order valence-corrected chi connectivity index (χ0v) is 9.02. The van der Waals surface area contributed by atoms with Crippen molar-refractivity contribution < 1.29 is 19.5 Å². The van der Waals surface area contributed by atoms with Crippen molar-refractivity contribution in [2.45, 2.75) is 13.0 Å². The van der Waals surface area contributed by atoms with Gasteiger partial charge in [-0.2, -0.15) is 0 Å². The van der Waals surface area contributed by atoms with Crippen LogP contribution in [0.1, 0.15) is 6.92 Å². The Hall–Kier alpha value is -1.63. The number of carboxylic acids is 1. The Balaban J connectivity index is 2.47. The Labute approximate surface area is 92.8 Å². The van der Waals surface area contributed by atoms with Crippen LogP contribution in [0.2, 0.25) is 0 Å². The highest BCUT2D eigenvalue weighted by Crippen LogP contribution is 2.03. The normalized spacial score (nSPS) is 21.3. The molecule has 16 heavy (non-hydrogen) atoms. The molecule has 1 aliphatic heterocycles. The third kappa shape index (κ3) is 3.50. The second-order valence-electron chi connectivity index (χ2n) is 3.61. The second-order valence-corrected chi connectivity index (χ2v) is 3.61. The van der Waals surface area contributed by atoms with Gasteiger partial charge in [0.2, 0.25) is 11.8 Å². The summed E-state index contributed by atoms with van der Waals surface area (Å²) < 4.78 is 0. The summed E-state index contributed by atoms with van der Waals surface area (Å²) >= 11 is 0. The Morgan fingerprint density at radius 2 is 2.31 bits per heavy atom. The lowest BCUT2D eigenvalue weighted by Gasteiger charge is -2.32. The van der Waals surface area contributed by atoms with Gasteiger partial charge < -0.3 is 15.7 Å². The zero-order chi connectivity index (χ0) is 12.1. The molecule has 0 bridgehead atoms. The highest BCUT2D eigenvalue weighted by atomic mass is 16.4. The smallest absolute Gasteiger partial charge is 0.322 e. The van der Waals surface area contributed by atoms with Crippen molar-refractivity contribution in [3.63, 3.8) is 0 Å². The van der Waals surface area contributed by atoms with Gasteiger partial charge >= 0.3 is 5.97 Å². The molecule has 2 amide bonds. The molecule has 7 heteroatoms. The number of carbonyl (C=O) groups is 3. The predicted octanol–water partition coefficient (Wildman–Crippen LogP) is -1.99. The third-order valence-electron chi connectivity index (χ3n) is 2.34. The van der Waals surface area contributed by atoms with Crippen molar-refractivity contribution in [3.8, 4) is 0 Å². The molecule has 0 aromatic rings. The Bertz CT molecular complexity index is 305. The molecule has 0 aliphatic carbocycles. The van der Waals surface area contributed by atoms with E-state index >= 15 is 0 Å². The summed E-state index contributed by atoms with van der Waals surface area (Å²) in [4.78, 5) is 34.2. The van der Waals surface area contributed by atoms with Crippen LogP contribution >= 0.6 is 0 Å². The number of rotatable bonds is 4.